The second-order valence-electron chi connectivity index (χ2n) is 7.14. The number of hydrogen-bond acceptors (Lipinski definition) is 5. The molecule has 1 aromatic heterocycles. The molecular formula is C23H19N5O4. The number of nitro benzene ring substituents is 1. The van der Waals surface area contributed by atoms with E-state index in [0.29, 0.717) is 17.1 Å². The molecule has 32 heavy (non-hydrogen) atoms. The van der Waals surface area contributed by atoms with E-state index in [1.54, 1.807) is 19.1 Å². The molecule has 9 nitrogen and oxygen atoms in total. The number of H-pyrrole nitrogens is 1. The molecule has 4 rings (SSSR count). The van der Waals surface area contributed by atoms with Crippen LogP contribution in [0.1, 0.15) is 15.9 Å². The first-order chi connectivity index (χ1) is 15.4. The summed E-state index contributed by atoms with van der Waals surface area (Å²) >= 11 is 0. The third kappa shape index (κ3) is 4.31. The number of aromatic amines is 1. The minimum atomic E-state index is -0.510. The smallest absolute Gasteiger partial charge is 0.272 e. The summed E-state index contributed by atoms with van der Waals surface area (Å²) in [6.45, 7) is 1.29. The van der Waals surface area contributed by atoms with Gasteiger partial charge < -0.3 is 15.6 Å². The molecule has 0 aliphatic carbocycles. The zero-order chi connectivity index (χ0) is 22.7. The van der Waals surface area contributed by atoms with Gasteiger partial charge in [0.1, 0.15) is 5.82 Å². The number of aryl methyl sites for hydroxylation is 1. The topological polar surface area (TPSA) is 130 Å². The predicted octanol–water partition coefficient (Wildman–Crippen LogP) is 3.82. The number of carbonyl (C=O) groups excluding carboxylic acids is 2. The van der Waals surface area contributed by atoms with Gasteiger partial charge in [0.05, 0.1) is 28.2 Å². The van der Waals surface area contributed by atoms with Crippen LogP contribution in [0, 0.1) is 17.0 Å². The number of rotatable bonds is 6. The van der Waals surface area contributed by atoms with Gasteiger partial charge in [-0.25, -0.2) is 4.98 Å². The highest BCUT2D eigenvalue weighted by atomic mass is 16.6. The van der Waals surface area contributed by atoms with Crippen LogP contribution in [0.2, 0.25) is 0 Å². The van der Waals surface area contributed by atoms with Crippen molar-refractivity contribution in [3.8, 4) is 11.4 Å². The lowest BCUT2D eigenvalue weighted by Crippen LogP contribution is -2.33. The maximum Gasteiger partial charge on any atom is 0.272 e. The molecule has 0 fully saturated rings. The van der Waals surface area contributed by atoms with E-state index >= 15 is 0 Å². The van der Waals surface area contributed by atoms with Crippen LogP contribution < -0.4 is 10.6 Å². The molecule has 0 aliphatic heterocycles. The van der Waals surface area contributed by atoms with E-state index in [1.165, 1.54) is 18.2 Å². The molecule has 0 spiro atoms. The number of nitrogens with one attached hydrogen (secondary N) is 3. The van der Waals surface area contributed by atoms with Gasteiger partial charge in [-0.15, -0.1) is 0 Å². The Hall–Kier alpha value is -4.53. The molecule has 9 heteroatoms. The largest absolute Gasteiger partial charge is 0.343 e. The fraction of sp³-hybridized carbons (Fsp3) is 0.0870. The Kier molecular flexibility index (Phi) is 5.63. The molecule has 4 aromatic rings. The van der Waals surface area contributed by atoms with Gasteiger partial charge >= 0.3 is 0 Å². The van der Waals surface area contributed by atoms with E-state index in [9.17, 15) is 19.7 Å². The number of amides is 2. The van der Waals surface area contributed by atoms with Gasteiger partial charge in [-0.1, -0.05) is 24.3 Å². The molecule has 0 atom stereocenters. The third-order valence-electron chi connectivity index (χ3n) is 4.91. The molecule has 0 unspecified atom stereocenters. The normalized spacial score (nSPS) is 10.7. The van der Waals surface area contributed by atoms with E-state index in [0.717, 1.165) is 16.6 Å². The van der Waals surface area contributed by atoms with Gasteiger partial charge in [0, 0.05) is 22.8 Å². The van der Waals surface area contributed by atoms with E-state index in [-0.39, 0.29) is 17.8 Å². The highest BCUT2D eigenvalue weighted by Gasteiger charge is 2.16. The summed E-state index contributed by atoms with van der Waals surface area (Å²) in [7, 11) is 0. The van der Waals surface area contributed by atoms with Crippen LogP contribution in [0.4, 0.5) is 11.4 Å². The van der Waals surface area contributed by atoms with Crippen molar-refractivity contribution in [1.82, 2.24) is 15.3 Å². The predicted molar refractivity (Wildman–Crippen MR) is 120 cm³/mol. The van der Waals surface area contributed by atoms with Crippen molar-refractivity contribution in [2.24, 2.45) is 0 Å². The molecule has 0 saturated heterocycles. The molecule has 1 heterocycles. The Morgan fingerprint density at radius 3 is 2.56 bits per heavy atom. The highest BCUT2D eigenvalue weighted by Crippen LogP contribution is 2.27. The molecule has 0 bridgehead atoms. The highest BCUT2D eigenvalue weighted by molar-refractivity contribution is 6.01. The molecule has 0 radical (unpaired) electrons. The Morgan fingerprint density at radius 1 is 1.06 bits per heavy atom. The summed E-state index contributed by atoms with van der Waals surface area (Å²) < 4.78 is 0. The Labute approximate surface area is 182 Å². The number of fused-ring (bicyclic) bond motifs is 1. The third-order valence-corrected chi connectivity index (χ3v) is 4.91. The van der Waals surface area contributed by atoms with E-state index in [2.05, 4.69) is 20.6 Å². The average molecular weight is 429 g/mol. The zero-order valence-electron chi connectivity index (χ0n) is 17.1. The van der Waals surface area contributed by atoms with Crippen molar-refractivity contribution in [2.45, 2.75) is 6.92 Å². The lowest BCUT2D eigenvalue weighted by Gasteiger charge is -2.10. The number of hydrogen-bond donors (Lipinski definition) is 3. The molecule has 2 amide bonds. The first-order valence-corrected chi connectivity index (χ1v) is 9.79. The number of benzene rings is 3. The lowest BCUT2D eigenvalue weighted by atomic mass is 10.1. The number of anilines is 1. The first kappa shape index (κ1) is 20.7. The molecule has 160 valence electrons. The van der Waals surface area contributed by atoms with E-state index in [4.69, 9.17) is 0 Å². The fourth-order valence-corrected chi connectivity index (χ4v) is 3.34. The van der Waals surface area contributed by atoms with Crippen LogP contribution in [0.25, 0.3) is 22.4 Å². The van der Waals surface area contributed by atoms with Crippen molar-refractivity contribution in [3.63, 3.8) is 0 Å². The summed E-state index contributed by atoms with van der Waals surface area (Å²) in [6, 6.07) is 18.9. The van der Waals surface area contributed by atoms with Gasteiger partial charge in [-0.2, -0.15) is 0 Å². The summed E-state index contributed by atoms with van der Waals surface area (Å²) in [5.74, 6) is -0.295. The van der Waals surface area contributed by atoms with Crippen LogP contribution in [-0.4, -0.2) is 33.3 Å². The van der Waals surface area contributed by atoms with Gasteiger partial charge in [0.15, 0.2) is 0 Å². The molecule has 0 saturated carbocycles. The standard InChI is InChI=1S/C23H19N5O4/c1-14-12-15(10-11-20(14)28(31)32)23(30)24-13-21(29)25-17-7-3-2-6-16(17)22-26-18-8-4-5-9-19(18)27-22/h2-12H,13H2,1H3,(H,24,30)(H,25,29)(H,26,27). The average Bonchev–Trinajstić information content (AvgIpc) is 3.21. The van der Waals surface area contributed by atoms with Crippen molar-refractivity contribution in [1.29, 1.82) is 0 Å². The van der Waals surface area contributed by atoms with E-state index < -0.39 is 16.7 Å². The van der Waals surface area contributed by atoms with Crippen molar-refractivity contribution in [3.05, 3.63) is 88.0 Å². The number of nitrogens with zero attached hydrogens (tertiary/aromatic N) is 2. The van der Waals surface area contributed by atoms with Crippen LogP contribution in [0.5, 0.6) is 0 Å². The Bertz CT molecular complexity index is 1310. The zero-order valence-corrected chi connectivity index (χ0v) is 17.1. The summed E-state index contributed by atoms with van der Waals surface area (Å²) in [5.41, 5.74) is 3.51. The Balaban J connectivity index is 1.44. The monoisotopic (exact) mass is 429 g/mol. The van der Waals surface area contributed by atoms with Crippen LogP contribution in [-0.2, 0) is 4.79 Å². The molecule has 3 aromatic carbocycles. The maximum absolute atomic E-state index is 12.5. The number of carbonyl (C=O) groups is 2. The van der Waals surface area contributed by atoms with Crippen molar-refractivity contribution >= 4 is 34.2 Å². The first-order valence-electron chi connectivity index (χ1n) is 9.79. The van der Waals surface area contributed by atoms with Gasteiger partial charge in [-0.05, 0) is 43.3 Å². The fourth-order valence-electron chi connectivity index (χ4n) is 3.34. The SMILES string of the molecule is Cc1cc(C(=O)NCC(=O)Nc2ccccc2-c2nc3ccccc3[nH]2)ccc1[N+](=O)[O-]. The summed E-state index contributed by atoms with van der Waals surface area (Å²) in [6.07, 6.45) is 0. The van der Waals surface area contributed by atoms with Gasteiger partial charge in [-0.3, -0.25) is 19.7 Å². The van der Waals surface area contributed by atoms with E-state index in [1.807, 2.05) is 36.4 Å². The molecular weight excluding hydrogens is 410 g/mol. The number of imidazole rings is 1. The summed E-state index contributed by atoms with van der Waals surface area (Å²) in [5, 5.41) is 16.2. The van der Waals surface area contributed by atoms with Crippen LogP contribution >= 0.6 is 0 Å². The number of para-hydroxylation sites is 3. The van der Waals surface area contributed by atoms with Crippen LogP contribution in [0.15, 0.2) is 66.7 Å². The van der Waals surface area contributed by atoms with Crippen molar-refractivity contribution < 1.29 is 14.5 Å². The van der Waals surface area contributed by atoms with Gasteiger partial charge in [0.2, 0.25) is 5.91 Å². The number of aromatic nitrogens is 2. The van der Waals surface area contributed by atoms with Gasteiger partial charge in [0.25, 0.3) is 11.6 Å². The quantitative estimate of drug-likeness (QED) is 0.317. The lowest BCUT2D eigenvalue weighted by molar-refractivity contribution is -0.385. The second kappa shape index (κ2) is 8.68. The molecule has 3 N–H and O–H groups in total. The maximum atomic E-state index is 12.5. The second-order valence-corrected chi connectivity index (χ2v) is 7.14. The minimum absolute atomic E-state index is 0.0681. The van der Waals surface area contributed by atoms with Crippen LogP contribution in [0.3, 0.4) is 0 Å². The molecule has 0 aliphatic rings. The van der Waals surface area contributed by atoms with Crippen molar-refractivity contribution in [2.75, 3.05) is 11.9 Å². The number of nitro groups is 1. The Morgan fingerprint density at radius 2 is 1.81 bits per heavy atom. The minimum Gasteiger partial charge on any atom is -0.343 e. The summed E-state index contributed by atoms with van der Waals surface area (Å²) in [4.78, 5) is 43.0.